The number of anilines is 1. The smallest absolute Gasteiger partial charge is 0.146 e. The highest BCUT2D eigenvalue weighted by Crippen LogP contribution is 2.34. The van der Waals surface area contributed by atoms with Crippen molar-refractivity contribution in [1.82, 2.24) is 5.32 Å². The average molecular weight is 292 g/mol. The van der Waals surface area contributed by atoms with Crippen LogP contribution in [0.1, 0.15) is 64.5 Å². The van der Waals surface area contributed by atoms with Gasteiger partial charge in [-0.1, -0.05) is 31.9 Å². The molecule has 118 valence electrons. The van der Waals surface area contributed by atoms with E-state index in [2.05, 4.69) is 37.1 Å². The molecule has 1 N–H and O–H groups in total. The highest BCUT2D eigenvalue weighted by molar-refractivity contribution is 5.57. The van der Waals surface area contributed by atoms with Crippen LogP contribution < -0.4 is 10.2 Å². The maximum atomic E-state index is 14.6. The van der Waals surface area contributed by atoms with Gasteiger partial charge >= 0.3 is 0 Å². The molecule has 0 aliphatic heterocycles. The van der Waals surface area contributed by atoms with E-state index in [0.29, 0.717) is 6.04 Å². The lowest BCUT2D eigenvalue weighted by molar-refractivity contribution is 0.543. The normalized spacial score (nSPS) is 17.1. The van der Waals surface area contributed by atoms with Crippen LogP contribution in [0.15, 0.2) is 18.2 Å². The minimum Gasteiger partial charge on any atom is -0.366 e. The highest BCUT2D eigenvalue weighted by Gasteiger charge is 2.26. The molecule has 1 unspecified atom stereocenters. The Balaban J connectivity index is 2.31. The van der Waals surface area contributed by atoms with Gasteiger partial charge in [-0.05, 0) is 51.3 Å². The van der Waals surface area contributed by atoms with E-state index in [1.54, 1.807) is 6.07 Å². The highest BCUT2D eigenvalue weighted by atomic mass is 19.1. The van der Waals surface area contributed by atoms with Gasteiger partial charge in [0.2, 0.25) is 0 Å². The van der Waals surface area contributed by atoms with Gasteiger partial charge in [-0.15, -0.1) is 0 Å². The van der Waals surface area contributed by atoms with E-state index < -0.39 is 0 Å². The summed E-state index contributed by atoms with van der Waals surface area (Å²) < 4.78 is 14.6. The summed E-state index contributed by atoms with van der Waals surface area (Å²) in [5.41, 5.74) is 1.92. The molecule has 0 bridgehead atoms. The monoisotopic (exact) mass is 292 g/mol. The van der Waals surface area contributed by atoms with Gasteiger partial charge in [0.1, 0.15) is 5.82 Å². The molecule has 3 heteroatoms. The Morgan fingerprint density at radius 2 is 2.00 bits per heavy atom. The molecule has 0 radical (unpaired) electrons. The molecule has 0 spiro atoms. The first-order valence-electron chi connectivity index (χ1n) is 8.47. The average Bonchev–Trinajstić information content (AvgIpc) is 3.01. The molecule has 1 aliphatic rings. The molecule has 1 aromatic carbocycles. The number of hydrogen-bond acceptors (Lipinski definition) is 2. The lowest BCUT2D eigenvalue weighted by atomic mass is 10.0. The molecule has 0 saturated heterocycles. The fraction of sp³-hybridized carbons (Fsp3) is 0.667. The number of nitrogens with zero attached hydrogens (tertiary/aromatic N) is 1. The van der Waals surface area contributed by atoms with Crippen molar-refractivity contribution in [3.05, 3.63) is 29.6 Å². The fourth-order valence-electron chi connectivity index (χ4n) is 3.47. The number of nitrogens with one attached hydrogen (secondary N) is 1. The maximum Gasteiger partial charge on any atom is 0.146 e. The van der Waals surface area contributed by atoms with Gasteiger partial charge in [-0.25, -0.2) is 4.39 Å². The van der Waals surface area contributed by atoms with Crippen molar-refractivity contribution in [2.24, 2.45) is 0 Å². The molecular weight excluding hydrogens is 263 g/mol. The van der Waals surface area contributed by atoms with Gasteiger partial charge in [0.25, 0.3) is 0 Å². The quantitative estimate of drug-likeness (QED) is 0.786. The predicted molar refractivity (Wildman–Crippen MR) is 88.4 cm³/mol. The first-order chi connectivity index (χ1) is 10.2. The minimum absolute atomic E-state index is 0.0774. The third kappa shape index (κ3) is 3.76. The summed E-state index contributed by atoms with van der Waals surface area (Å²) in [5, 5.41) is 3.49. The Hall–Kier alpha value is -1.09. The van der Waals surface area contributed by atoms with Crippen molar-refractivity contribution in [2.45, 2.75) is 65.0 Å². The molecule has 21 heavy (non-hydrogen) atoms. The number of rotatable bonds is 7. The van der Waals surface area contributed by atoms with Crippen LogP contribution in [0.3, 0.4) is 0 Å². The Bertz CT molecular complexity index is 441. The van der Waals surface area contributed by atoms with Gasteiger partial charge in [0.15, 0.2) is 0 Å². The van der Waals surface area contributed by atoms with E-state index in [9.17, 15) is 4.39 Å². The van der Waals surface area contributed by atoms with Gasteiger partial charge in [-0.2, -0.15) is 0 Å². The van der Waals surface area contributed by atoms with Crippen LogP contribution in [0.4, 0.5) is 10.1 Å². The summed E-state index contributed by atoms with van der Waals surface area (Å²) in [5.74, 6) is -0.0774. The van der Waals surface area contributed by atoms with E-state index in [1.807, 2.05) is 6.07 Å². The first-order valence-corrected chi connectivity index (χ1v) is 8.47. The fourth-order valence-corrected chi connectivity index (χ4v) is 3.47. The van der Waals surface area contributed by atoms with Crippen LogP contribution in [0.5, 0.6) is 0 Å². The van der Waals surface area contributed by atoms with Crippen LogP contribution in [-0.2, 0) is 0 Å². The Morgan fingerprint density at radius 3 is 2.62 bits per heavy atom. The van der Waals surface area contributed by atoms with E-state index in [1.165, 1.54) is 25.7 Å². The van der Waals surface area contributed by atoms with Crippen molar-refractivity contribution in [3.63, 3.8) is 0 Å². The Morgan fingerprint density at radius 1 is 1.29 bits per heavy atom. The van der Waals surface area contributed by atoms with Gasteiger partial charge < -0.3 is 10.2 Å². The lowest BCUT2D eigenvalue weighted by Crippen LogP contribution is -2.35. The molecule has 1 fully saturated rings. The molecule has 1 aliphatic carbocycles. The summed E-state index contributed by atoms with van der Waals surface area (Å²) >= 11 is 0. The molecule has 0 heterocycles. The molecule has 2 rings (SSSR count). The molecular formula is C18H29FN2. The van der Waals surface area contributed by atoms with Crippen molar-refractivity contribution < 1.29 is 4.39 Å². The minimum atomic E-state index is -0.0774. The van der Waals surface area contributed by atoms with E-state index in [0.717, 1.165) is 30.8 Å². The predicted octanol–water partition coefficient (Wildman–Crippen LogP) is 4.66. The summed E-state index contributed by atoms with van der Waals surface area (Å²) in [6, 6.07) is 6.20. The summed E-state index contributed by atoms with van der Waals surface area (Å²) in [7, 11) is 0. The van der Waals surface area contributed by atoms with Crippen LogP contribution in [0.2, 0.25) is 0 Å². The zero-order valence-electron chi connectivity index (χ0n) is 13.7. The zero-order valence-corrected chi connectivity index (χ0v) is 13.7. The summed E-state index contributed by atoms with van der Waals surface area (Å²) in [6.07, 6.45) is 6.02. The zero-order chi connectivity index (χ0) is 15.2. The number of hydrogen-bond donors (Lipinski definition) is 1. The van der Waals surface area contributed by atoms with Gasteiger partial charge in [0.05, 0.1) is 5.69 Å². The van der Waals surface area contributed by atoms with Gasteiger partial charge in [-0.3, -0.25) is 0 Å². The van der Waals surface area contributed by atoms with Crippen molar-refractivity contribution in [2.75, 3.05) is 18.0 Å². The summed E-state index contributed by atoms with van der Waals surface area (Å²) in [4.78, 5) is 2.29. The molecule has 1 aromatic rings. The second kappa shape index (κ2) is 7.79. The Labute approximate surface area is 128 Å². The molecule has 1 atom stereocenters. The molecule has 1 saturated carbocycles. The van der Waals surface area contributed by atoms with Crippen molar-refractivity contribution >= 4 is 5.69 Å². The maximum absolute atomic E-state index is 14.6. The Kier molecular flexibility index (Phi) is 6.04. The largest absolute Gasteiger partial charge is 0.366 e. The number of benzene rings is 1. The van der Waals surface area contributed by atoms with Crippen LogP contribution in [0.25, 0.3) is 0 Å². The van der Waals surface area contributed by atoms with Crippen LogP contribution >= 0.6 is 0 Å². The third-order valence-corrected chi connectivity index (χ3v) is 4.58. The lowest BCUT2D eigenvalue weighted by Gasteiger charge is -2.33. The van der Waals surface area contributed by atoms with E-state index >= 15 is 0 Å². The van der Waals surface area contributed by atoms with Crippen LogP contribution in [-0.4, -0.2) is 19.1 Å². The molecule has 2 nitrogen and oxygen atoms in total. The third-order valence-electron chi connectivity index (χ3n) is 4.58. The number of para-hydroxylation sites is 1. The molecule has 0 aromatic heterocycles. The summed E-state index contributed by atoms with van der Waals surface area (Å²) in [6.45, 7) is 8.27. The van der Waals surface area contributed by atoms with Gasteiger partial charge in [0, 0.05) is 18.6 Å². The van der Waals surface area contributed by atoms with E-state index in [4.69, 9.17) is 0 Å². The van der Waals surface area contributed by atoms with Crippen molar-refractivity contribution in [3.8, 4) is 0 Å². The van der Waals surface area contributed by atoms with Crippen molar-refractivity contribution in [1.29, 1.82) is 0 Å². The second-order valence-electron chi connectivity index (χ2n) is 6.08. The van der Waals surface area contributed by atoms with Crippen LogP contribution in [0, 0.1) is 5.82 Å². The number of halogens is 1. The standard InChI is InChI=1S/C18H29FN2/c1-4-13-20-14(3)16-11-8-12-17(19)18(16)21(5-2)15-9-6-7-10-15/h8,11-12,14-15,20H,4-7,9-10,13H2,1-3H3. The van der Waals surface area contributed by atoms with E-state index in [-0.39, 0.29) is 11.9 Å². The topological polar surface area (TPSA) is 15.3 Å². The SMILES string of the molecule is CCCNC(C)c1cccc(F)c1N(CC)C1CCCC1. The molecule has 0 amide bonds. The first kappa shape index (κ1) is 16.3. The second-order valence-corrected chi connectivity index (χ2v) is 6.08.